The van der Waals surface area contributed by atoms with Gasteiger partial charge in [-0.15, -0.1) is 0 Å². The van der Waals surface area contributed by atoms with Crippen molar-refractivity contribution in [1.82, 2.24) is 4.98 Å². The number of anilines is 1. The molecule has 0 aliphatic rings. The fourth-order valence-corrected chi connectivity index (χ4v) is 2.18. The molecule has 2 rings (SSSR count). The van der Waals surface area contributed by atoms with E-state index in [1.807, 2.05) is 50.2 Å². The first-order chi connectivity index (χ1) is 10.6. The van der Waals surface area contributed by atoms with Gasteiger partial charge in [0, 0.05) is 18.1 Å². The summed E-state index contributed by atoms with van der Waals surface area (Å²) in [6, 6.07) is 11.4. The van der Waals surface area contributed by atoms with Crippen LogP contribution in [0.25, 0.3) is 0 Å². The molecule has 0 saturated carbocycles. The average molecular weight is 297 g/mol. The van der Waals surface area contributed by atoms with Gasteiger partial charge in [0.05, 0.1) is 6.04 Å². The molecular formula is C18H23N3O. The topological polar surface area (TPSA) is 68.0 Å². The first-order valence-corrected chi connectivity index (χ1v) is 7.64. The predicted octanol–water partition coefficient (Wildman–Crippen LogP) is 2.98. The summed E-state index contributed by atoms with van der Waals surface area (Å²) in [4.78, 5) is 16.1. The lowest BCUT2D eigenvalue weighted by Gasteiger charge is -2.17. The molecule has 2 aromatic rings. The third-order valence-electron chi connectivity index (χ3n) is 3.94. The Labute approximate surface area is 131 Å². The van der Waals surface area contributed by atoms with Crippen molar-refractivity contribution in [2.45, 2.75) is 32.7 Å². The number of nitrogens with one attached hydrogen (secondary N) is 1. The van der Waals surface area contributed by atoms with Crippen LogP contribution in [0.3, 0.4) is 0 Å². The number of nitrogens with two attached hydrogens (primary N) is 1. The molecule has 22 heavy (non-hydrogen) atoms. The number of aromatic nitrogens is 1. The maximum atomic E-state index is 12.0. The fourth-order valence-electron chi connectivity index (χ4n) is 2.18. The summed E-state index contributed by atoms with van der Waals surface area (Å²) in [5.74, 6) is 0.0437. The predicted molar refractivity (Wildman–Crippen MR) is 89.5 cm³/mol. The molecule has 0 fully saturated rings. The molecule has 0 saturated heterocycles. The van der Waals surface area contributed by atoms with E-state index < -0.39 is 6.04 Å². The highest BCUT2D eigenvalue weighted by Crippen LogP contribution is 2.14. The molecule has 3 N–H and O–H groups in total. The van der Waals surface area contributed by atoms with Gasteiger partial charge in [-0.3, -0.25) is 9.78 Å². The number of pyridine rings is 1. The monoisotopic (exact) mass is 297 g/mol. The van der Waals surface area contributed by atoms with Crippen molar-refractivity contribution >= 4 is 11.6 Å². The second-order valence-electron chi connectivity index (χ2n) is 5.63. The Morgan fingerprint density at radius 2 is 1.73 bits per heavy atom. The van der Waals surface area contributed by atoms with Gasteiger partial charge in [-0.2, -0.15) is 0 Å². The van der Waals surface area contributed by atoms with Crippen LogP contribution < -0.4 is 11.1 Å². The molecule has 2 unspecified atom stereocenters. The van der Waals surface area contributed by atoms with Crippen LogP contribution in [0.1, 0.15) is 31.4 Å². The second-order valence-corrected chi connectivity index (χ2v) is 5.63. The highest BCUT2D eigenvalue weighted by Gasteiger charge is 2.19. The van der Waals surface area contributed by atoms with Crippen molar-refractivity contribution in [3.05, 3.63) is 59.9 Å². The Kier molecular flexibility index (Phi) is 5.67. The highest BCUT2D eigenvalue weighted by molar-refractivity contribution is 5.94. The quantitative estimate of drug-likeness (QED) is 0.861. The molecule has 0 aliphatic carbocycles. The fraction of sp³-hybridized carbons (Fsp3) is 0.333. The summed E-state index contributed by atoms with van der Waals surface area (Å²) < 4.78 is 0. The first-order valence-electron chi connectivity index (χ1n) is 7.64. The largest absolute Gasteiger partial charge is 0.325 e. The van der Waals surface area contributed by atoms with Crippen LogP contribution in [0.15, 0.2) is 48.8 Å². The molecule has 116 valence electrons. The molecule has 1 aromatic carbocycles. The zero-order chi connectivity index (χ0) is 15.9. The Balaban J connectivity index is 1.96. The number of hydrogen-bond donors (Lipinski definition) is 2. The summed E-state index contributed by atoms with van der Waals surface area (Å²) in [6.45, 7) is 4.02. The van der Waals surface area contributed by atoms with E-state index in [0.29, 0.717) is 0 Å². The van der Waals surface area contributed by atoms with Gasteiger partial charge in [0.25, 0.3) is 0 Å². The number of benzene rings is 1. The van der Waals surface area contributed by atoms with E-state index in [4.69, 9.17) is 5.73 Å². The van der Waals surface area contributed by atoms with Crippen LogP contribution >= 0.6 is 0 Å². The second kappa shape index (κ2) is 7.71. The van der Waals surface area contributed by atoms with Crippen LogP contribution in [0.2, 0.25) is 0 Å². The molecule has 1 heterocycles. The minimum Gasteiger partial charge on any atom is -0.325 e. The molecule has 0 aliphatic heterocycles. The van der Waals surface area contributed by atoms with E-state index in [-0.39, 0.29) is 11.8 Å². The van der Waals surface area contributed by atoms with E-state index >= 15 is 0 Å². The number of hydrogen-bond acceptors (Lipinski definition) is 3. The number of carbonyl (C=O) groups is 1. The minimum absolute atomic E-state index is 0.128. The summed E-state index contributed by atoms with van der Waals surface area (Å²) >= 11 is 0. The Morgan fingerprint density at radius 1 is 1.14 bits per heavy atom. The number of carbonyl (C=O) groups excluding carboxylic acids is 1. The van der Waals surface area contributed by atoms with Crippen LogP contribution in [0.4, 0.5) is 5.69 Å². The van der Waals surface area contributed by atoms with E-state index in [1.165, 1.54) is 11.1 Å². The molecule has 1 amide bonds. The Morgan fingerprint density at radius 3 is 2.32 bits per heavy atom. The van der Waals surface area contributed by atoms with E-state index in [1.54, 1.807) is 12.4 Å². The number of nitrogens with zero attached hydrogens (tertiary/aromatic N) is 1. The molecular weight excluding hydrogens is 274 g/mol. The summed E-state index contributed by atoms with van der Waals surface area (Å²) in [5.41, 5.74) is 9.12. The minimum atomic E-state index is -0.471. The zero-order valence-electron chi connectivity index (χ0n) is 13.1. The van der Waals surface area contributed by atoms with Crippen molar-refractivity contribution in [3.63, 3.8) is 0 Å². The van der Waals surface area contributed by atoms with Crippen LogP contribution in [0.5, 0.6) is 0 Å². The molecule has 0 bridgehead atoms. The van der Waals surface area contributed by atoms with E-state index in [2.05, 4.69) is 10.3 Å². The summed E-state index contributed by atoms with van der Waals surface area (Å²) in [7, 11) is 0. The first kappa shape index (κ1) is 16.2. The van der Waals surface area contributed by atoms with Gasteiger partial charge in [0.2, 0.25) is 5.91 Å². The van der Waals surface area contributed by atoms with Crippen molar-refractivity contribution in [1.29, 1.82) is 0 Å². The van der Waals surface area contributed by atoms with Crippen LogP contribution in [-0.4, -0.2) is 16.9 Å². The standard InChI is InChI=1S/C18H23N3O/c1-3-13(2)17(19)18(22)21-16-6-4-14(5-7-16)12-15-8-10-20-11-9-15/h4-11,13,17H,3,12,19H2,1-2H3,(H,21,22). The lowest BCUT2D eigenvalue weighted by Crippen LogP contribution is -2.40. The van der Waals surface area contributed by atoms with E-state index in [9.17, 15) is 4.79 Å². The normalized spacial score (nSPS) is 13.4. The molecule has 0 radical (unpaired) electrons. The van der Waals surface area contributed by atoms with Gasteiger partial charge in [0.15, 0.2) is 0 Å². The SMILES string of the molecule is CCC(C)C(N)C(=O)Nc1ccc(Cc2ccncc2)cc1. The van der Waals surface area contributed by atoms with Gasteiger partial charge in [-0.05, 0) is 47.7 Å². The van der Waals surface area contributed by atoms with Crippen LogP contribution in [0, 0.1) is 5.92 Å². The van der Waals surface area contributed by atoms with Crippen molar-refractivity contribution < 1.29 is 4.79 Å². The maximum Gasteiger partial charge on any atom is 0.241 e. The van der Waals surface area contributed by atoms with Crippen molar-refractivity contribution in [2.75, 3.05) is 5.32 Å². The van der Waals surface area contributed by atoms with Gasteiger partial charge >= 0.3 is 0 Å². The van der Waals surface area contributed by atoms with Crippen molar-refractivity contribution in [3.8, 4) is 0 Å². The van der Waals surface area contributed by atoms with Gasteiger partial charge in [-0.25, -0.2) is 0 Å². The van der Waals surface area contributed by atoms with Gasteiger partial charge in [-0.1, -0.05) is 32.4 Å². The molecule has 0 spiro atoms. The molecule has 4 nitrogen and oxygen atoms in total. The van der Waals surface area contributed by atoms with Gasteiger partial charge in [0.1, 0.15) is 0 Å². The molecule has 2 atom stereocenters. The Hall–Kier alpha value is -2.20. The summed E-state index contributed by atoms with van der Waals surface area (Å²) in [6.07, 6.45) is 5.32. The lowest BCUT2D eigenvalue weighted by atomic mass is 9.99. The third kappa shape index (κ3) is 4.40. The van der Waals surface area contributed by atoms with Crippen LogP contribution in [-0.2, 0) is 11.2 Å². The molecule has 4 heteroatoms. The molecule has 1 aromatic heterocycles. The Bertz CT molecular complexity index is 595. The zero-order valence-corrected chi connectivity index (χ0v) is 13.1. The number of rotatable bonds is 6. The highest BCUT2D eigenvalue weighted by atomic mass is 16.2. The van der Waals surface area contributed by atoms with Crippen molar-refractivity contribution in [2.24, 2.45) is 11.7 Å². The smallest absolute Gasteiger partial charge is 0.241 e. The maximum absolute atomic E-state index is 12.0. The van der Waals surface area contributed by atoms with E-state index in [0.717, 1.165) is 18.5 Å². The average Bonchev–Trinajstić information content (AvgIpc) is 2.56. The summed E-state index contributed by atoms with van der Waals surface area (Å²) in [5, 5.41) is 2.87. The lowest BCUT2D eigenvalue weighted by molar-refractivity contribution is -0.118. The number of amides is 1. The third-order valence-corrected chi connectivity index (χ3v) is 3.94. The van der Waals surface area contributed by atoms with Gasteiger partial charge < -0.3 is 11.1 Å².